The monoisotopic (exact) mass is 306 g/mol. The molecule has 1 atom stereocenters. The Morgan fingerprint density at radius 3 is 2.15 bits per heavy atom. The van der Waals surface area contributed by atoms with Crippen LogP contribution in [0.2, 0.25) is 0 Å². The number of nitrogens with one attached hydrogen (secondary N) is 1. The molecular weight excluding hydrogens is 286 g/mol. The molecular formula is C13H20F2N2O2S. The lowest BCUT2D eigenvalue weighted by Crippen LogP contribution is -2.30. The SMILES string of the molecule is CC(C)CC(CN)Nc1ccc(S(=O)(=O)C(F)F)cc1. The van der Waals surface area contributed by atoms with Gasteiger partial charge in [0.1, 0.15) is 0 Å². The quantitative estimate of drug-likeness (QED) is 0.811. The second-order valence-corrected chi connectivity index (χ2v) is 6.95. The van der Waals surface area contributed by atoms with Gasteiger partial charge in [0.15, 0.2) is 0 Å². The Balaban J connectivity index is 2.81. The molecule has 0 saturated heterocycles. The number of nitrogens with two attached hydrogens (primary N) is 1. The summed E-state index contributed by atoms with van der Waals surface area (Å²) in [5.41, 5.74) is 6.31. The van der Waals surface area contributed by atoms with Gasteiger partial charge in [0.25, 0.3) is 0 Å². The minimum Gasteiger partial charge on any atom is -0.381 e. The van der Waals surface area contributed by atoms with Crippen LogP contribution in [0.15, 0.2) is 29.2 Å². The molecule has 0 saturated carbocycles. The van der Waals surface area contributed by atoms with E-state index in [4.69, 9.17) is 5.73 Å². The van der Waals surface area contributed by atoms with Crippen molar-refractivity contribution < 1.29 is 17.2 Å². The molecule has 4 nitrogen and oxygen atoms in total. The van der Waals surface area contributed by atoms with Gasteiger partial charge in [-0.1, -0.05) is 13.8 Å². The van der Waals surface area contributed by atoms with Crippen molar-refractivity contribution in [3.05, 3.63) is 24.3 Å². The van der Waals surface area contributed by atoms with Gasteiger partial charge in [0, 0.05) is 18.3 Å². The van der Waals surface area contributed by atoms with Crippen LogP contribution in [0.25, 0.3) is 0 Å². The van der Waals surface area contributed by atoms with Gasteiger partial charge in [0.05, 0.1) is 4.90 Å². The average molecular weight is 306 g/mol. The average Bonchev–Trinajstić information content (AvgIpc) is 2.37. The molecule has 3 N–H and O–H groups in total. The minimum atomic E-state index is -4.53. The molecule has 1 aromatic rings. The predicted octanol–water partition coefficient (Wildman–Crippen LogP) is 2.47. The van der Waals surface area contributed by atoms with E-state index in [1.807, 2.05) is 0 Å². The summed E-state index contributed by atoms with van der Waals surface area (Å²) in [6.07, 6.45) is 0.869. The standard InChI is InChI=1S/C13H20F2N2O2S/c1-9(2)7-11(8-16)17-10-3-5-12(6-4-10)20(18,19)13(14)15/h3-6,9,11,13,17H,7-8,16H2,1-2H3. The lowest BCUT2D eigenvalue weighted by molar-refractivity contribution is 0.234. The fourth-order valence-electron chi connectivity index (χ4n) is 1.86. The third kappa shape index (κ3) is 4.42. The first-order valence-corrected chi connectivity index (χ1v) is 7.90. The highest BCUT2D eigenvalue weighted by molar-refractivity contribution is 7.91. The van der Waals surface area contributed by atoms with Crippen LogP contribution >= 0.6 is 0 Å². The summed E-state index contributed by atoms with van der Waals surface area (Å²) in [6.45, 7) is 4.58. The molecule has 1 rings (SSSR count). The van der Waals surface area contributed by atoms with Crippen LogP contribution in [-0.4, -0.2) is 26.8 Å². The van der Waals surface area contributed by atoms with Crippen molar-refractivity contribution in [3.8, 4) is 0 Å². The fourth-order valence-corrected chi connectivity index (χ4v) is 2.58. The summed E-state index contributed by atoms with van der Waals surface area (Å²) in [4.78, 5) is -0.383. The van der Waals surface area contributed by atoms with Crippen molar-refractivity contribution in [3.63, 3.8) is 0 Å². The Labute approximate surface area is 118 Å². The lowest BCUT2D eigenvalue weighted by Gasteiger charge is -2.20. The van der Waals surface area contributed by atoms with Gasteiger partial charge >= 0.3 is 5.76 Å². The molecule has 0 fully saturated rings. The fraction of sp³-hybridized carbons (Fsp3) is 0.538. The van der Waals surface area contributed by atoms with Crippen LogP contribution in [0.1, 0.15) is 20.3 Å². The van der Waals surface area contributed by atoms with Crippen molar-refractivity contribution in [2.45, 2.75) is 37.0 Å². The van der Waals surface area contributed by atoms with Gasteiger partial charge in [-0.3, -0.25) is 0 Å². The van der Waals surface area contributed by atoms with Crippen molar-refractivity contribution in [1.82, 2.24) is 0 Å². The first-order valence-electron chi connectivity index (χ1n) is 6.36. The van der Waals surface area contributed by atoms with E-state index in [0.29, 0.717) is 18.2 Å². The highest BCUT2D eigenvalue weighted by atomic mass is 32.2. The third-order valence-electron chi connectivity index (χ3n) is 2.83. The number of anilines is 1. The first kappa shape index (κ1) is 16.8. The Morgan fingerprint density at radius 2 is 1.75 bits per heavy atom. The van der Waals surface area contributed by atoms with Crippen LogP contribution in [0.5, 0.6) is 0 Å². The van der Waals surface area contributed by atoms with Crippen molar-refractivity contribution in [2.24, 2.45) is 11.7 Å². The van der Waals surface area contributed by atoms with Crippen molar-refractivity contribution in [1.29, 1.82) is 0 Å². The molecule has 0 spiro atoms. The molecule has 0 radical (unpaired) electrons. The van der Waals surface area contributed by atoms with E-state index in [0.717, 1.165) is 6.42 Å². The van der Waals surface area contributed by atoms with E-state index in [1.54, 1.807) is 0 Å². The maximum absolute atomic E-state index is 12.4. The van der Waals surface area contributed by atoms with Crippen LogP contribution in [-0.2, 0) is 9.84 Å². The van der Waals surface area contributed by atoms with E-state index in [-0.39, 0.29) is 10.9 Å². The van der Waals surface area contributed by atoms with Crippen LogP contribution in [0.4, 0.5) is 14.5 Å². The second kappa shape index (κ2) is 6.99. The van der Waals surface area contributed by atoms with Gasteiger partial charge in [-0.2, -0.15) is 8.78 Å². The maximum Gasteiger partial charge on any atom is 0.341 e. The third-order valence-corrected chi connectivity index (χ3v) is 4.23. The Morgan fingerprint density at radius 1 is 1.20 bits per heavy atom. The van der Waals surface area contributed by atoms with E-state index in [1.165, 1.54) is 24.3 Å². The Kier molecular flexibility index (Phi) is 5.88. The summed E-state index contributed by atoms with van der Waals surface area (Å²) >= 11 is 0. The number of alkyl halides is 2. The smallest absolute Gasteiger partial charge is 0.341 e. The molecule has 7 heteroatoms. The predicted molar refractivity (Wildman–Crippen MR) is 75.6 cm³/mol. The zero-order valence-electron chi connectivity index (χ0n) is 11.5. The number of rotatable bonds is 7. The molecule has 0 aliphatic rings. The van der Waals surface area contributed by atoms with Gasteiger partial charge in [-0.05, 0) is 36.6 Å². The van der Waals surface area contributed by atoms with Gasteiger partial charge in [0.2, 0.25) is 9.84 Å². The maximum atomic E-state index is 12.4. The molecule has 1 aromatic carbocycles. The molecule has 0 bridgehead atoms. The molecule has 0 heterocycles. The van der Waals surface area contributed by atoms with E-state index in [9.17, 15) is 17.2 Å². The van der Waals surface area contributed by atoms with Crippen molar-refractivity contribution >= 4 is 15.5 Å². The largest absolute Gasteiger partial charge is 0.381 e. The van der Waals surface area contributed by atoms with Crippen LogP contribution in [0.3, 0.4) is 0 Å². The number of sulfone groups is 1. The zero-order chi connectivity index (χ0) is 15.3. The summed E-state index contributed by atoms with van der Waals surface area (Å²) in [6, 6.07) is 5.35. The summed E-state index contributed by atoms with van der Waals surface area (Å²) < 4.78 is 47.3. The van der Waals surface area contributed by atoms with E-state index >= 15 is 0 Å². The van der Waals surface area contributed by atoms with Gasteiger partial charge in [-0.15, -0.1) is 0 Å². The molecule has 1 unspecified atom stereocenters. The Bertz CT molecular complexity index is 516. The Hall–Kier alpha value is -1.21. The summed E-state index contributed by atoms with van der Waals surface area (Å²) in [5, 5.41) is 3.16. The molecule has 114 valence electrons. The van der Waals surface area contributed by atoms with Gasteiger partial charge < -0.3 is 11.1 Å². The molecule has 0 aliphatic heterocycles. The second-order valence-electron chi connectivity index (χ2n) is 5.04. The van der Waals surface area contributed by atoms with E-state index < -0.39 is 15.6 Å². The topological polar surface area (TPSA) is 72.2 Å². The summed E-state index contributed by atoms with van der Waals surface area (Å²) in [5.74, 6) is -2.94. The number of benzene rings is 1. The number of halogens is 2. The van der Waals surface area contributed by atoms with Crippen molar-refractivity contribution in [2.75, 3.05) is 11.9 Å². The van der Waals surface area contributed by atoms with Crippen LogP contribution in [0, 0.1) is 5.92 Å². The number of hydrogen-bond acceptors (Lipinski definition) is 4. The molecule has 0 amide bonds. The summed E-state index contributed by atoms with van der Waals surface area (Å²) in [7, 11) is -4.53. The first-order chi connectivity index (χ1) is 9.27. The molecule has 0 aliphatic carbocycles. The number of hydrogen-bond donors (Lipinski definition) is 2. The van der Waals surface area contributed by atoms with E-state index in [2.05, 4.69) is 19.2 Å². The lowest BCUT2D eigenvalue weighted by atomic mass is 10.0. The molecule has 0 aromatic heterocycles. The van der Waals surface area contributed by atoms with Gasteiger partial charge in [-0.25, -0.2) is 8.42 Å². The minimum absolute atomic E-state index is 0.0626. The molecule has 20 heavy (non-hydrogen) atoms. The normalized spacial score (nSPS) is 13.8. The zero-order valence-corrected chi connectivity index (χ0v) is 12.3. The van der Waals surface area contributed by atoms with Crippen LogP contribution < -0.4 is 11.1 Å². The highest BCUT2D eigenvalue weighted by Crippen LogP contribution is 2.21. The highest BCUT2D eigenvalue weighted by Gasteiger charge is 2.26.